The predicted octanol–water partition coefficient (Wildman–Crippen LogP) is 0.663. The van der Waals surface area contributed by atoms with Crippen molar-refractivity contribution in [1.29, 1.82) is 0 Å². The van der Waals surface area contributed by atoms with E-state index in [9.17, 15) is 5.11 Å². The van der Waals surface area contributed by atoms with E-state index in [1.165, 1.54) is 0 Å². The number of aliphatic hydroxyl groups is 1. The number of pyridine rings is 1. The first-order valence-electron chi connectivity index (χ1n) is 6.31. The molecule has 4 heteroatoms. The van der Waals surface area contributed by atoms with Crippen LogP contribution < -0.4 is 5.73 Å². The molecule has 4 nitrogen and oxygen atoms in total. The lowest BCUT2D eigenvalue weighted by Crippen LogP contribution is -2.47. The summed E-state index contributed by atoms with van der Waals surface area (Å²) in [6.07, 6.45) is 4.42. The van der Waals surface area contributed by atoms with Crippen LogP contribution in [0.5, 0.6) is 0 Å². The van der Waals surface area contributed by atoms with Gasteiger partial charge in [-0.25, -0.2) is 4.98 Å². The van der Waals surface area contributed by atoms with Gasteiger partial charge in [0.25, 0.3) is 0 Å². The Bertz CT molecular complexity index is 423. The molecule has 2 saturated heterocycles. The van der Waals surface area contributed by atoms with Gasteiger partial charge in [-0.15, -0.1) is 0 Å². The van der Waals surface area contributed by atoms with Crippen molar-refractivity contribution in [2.24, 2.45) is 5.92 Å². The van der Waals surface area contributed by atoms with E-state index in [4.69, 9.17) is 5.73 Å². The number of fused-ring (bicyclic) bond motifs is 2. The number of nitrogen functional groups attached to an aromatic ring is 1. The molecule has 2 bridgehead atoms. The predicted molar refractivity (Wildman–Crippen MR) is 66.5 cm³/mol. The fourth-order valence-corrected chi connectivity index (χ4v) is 3.22. The third-order valence-electron chi connectivity index (χ3n) is 4.25. The van der Waals surface area contributed by atoms with Crippen molar-refractivity contribution >= 4 is 5.82 Å². The molecule has 0 spiro atoms. The van der Waals surface area contributed by atoms with Gasteiger partial charge in [-0.05, 0) is 37.1 Å². The van der Waals surface area contributed by atoms with Crippen molar-refractivity contribution in [3.63, 3.8) is 0 Å². The molecule has 0 aromatic carbocycles. The summed E-state index contributed by atoms with van der Waals surface area (Å²) in [5.41, 5.74) is 6.24. The van der Waals surface area contributed by atoms with Crippen LogP contribution in [0.3, 0.4) is 0 Å². The number of anilines is 1. The van der Waals surface area contributed by atoms with Crippen LogP contribution in [0.15, 0.2) is 18.3 Å². The van der Waals surface area contributed by atoms with Crippen LogP contribution in [0.4, 0.5) is 5.82 Å². The van der Waals surface area contributed by atoms with E-state index < -0.39 is 5.60 Å². The van der Waals surface area contributed by atoms with E-state index >= 15 is 0 Å². The van der Waals surface area contributed by atoms with Gasteiger partial charge in [0, 0.05) is 31.6 Å². The minimum absolute atomic E-state index is 0.422. The Hall–Kier alpha value is -1.13. The van der Waals surface area contributed by atoms with E-state index in [-0.39, 0.29) is 0 Å². The van der Waals surface area contributed by atoms with Gasteiger partial charge in [0.2, 0.25) is 0 Å². The fraction of sp³-hybridized carbons (Fsp3) is 0.615. The maximum absolute atomic E-state index is 10.8. The summed E-state index contributed by atoms with van der Waals surface area (Å²) < 4.78 is 0. The lowest BCUT2D eigenvalue weighted by Gasteiger charge is -2.39. The molecular formula is C13H19N3O. The number of nitrogens with two attached hydrogens (primary N) is 1. The van der Waals surface area contributed by atoms with E-state index in [1.807, 2.05) is 12.1 Å². The number of aromatic nitrogens is 1. The lowest BCUT2D eigenvalue weighted by atomic mass is 9.78. The molecule has 2 fully saturated rings. The lowest BCUT2D eigenvalue weighted by molar-refractivity contribution is -0.0438. The molecule has 3 atom stereocenters. The first kappa shape index (κ1) is 11.0. The van der Waals surface area contributed by atoms with Crippen LogP contribution >= 0.6 is 0 Å². The molecule has 3 N–H and O–H groups in total. The summed E-state index contributed by atoms with van der Waals surface area (Å²) in [6.45, 7) is 3.22. The van der Waals surface area contributed by atoms with Crippen LogP contribution in [-0.2, 0) is 6.42 Å². The molecule has 0 aliphatic carbocycles. The highest BCUT2D eigenvalue weighted by atomic mass is 16.3. The van der Waals surface area contributed by atoms with Crippen LogP contribution in [-0.4, -0.2) is 40.2 Å². The molecule has 0 amide bonds. The molecule has 92 valence electrons. The second-order valence-corrected chi connectivity index (χ2v) is 5.41. The highest BCUT2D eigenvalue weighted by molar-refractivity contribution is 5.32. The van der Waals surface area contributed by atoms with Crippen LogP contribution in [0.1, 0.15) is 18.4 Å². The second-order valence-electron chi connectivity index (χ2n) is 5.41. The molecule has 1 aromatic rings. The third-order valence-corrected chi connectivity index (χ3v) is 4.25. The largest absolute Gasteiger partial charge is 0.389 e. The third kappa shape index (κ3) is 2.03. The molecule has 2 aliphatic heterocycles. The van der Waals surface area contributed by atoms with Gasteiger partial charge in [-0.1, -0.05) is 0 Å². The minimum Gasteiger partial charge on any atom is -0.389 e. The van der Waals surface area contributed by atoms with Crippen molar-refractivity contribution < 1.29 is 5.11 Å². The summed E-state index contributed by atoms with van der Waals surface area (Å²) in [7, 11) is 0. The van der Waals surface area contributed by atoms with Crippen LogP contribution in [0.25, 0.3) is 0 Å². The summed E-state index contributed by atoms with van der Waals surface area (Å²) in [5.74, 6) is 0.959. The van der Waals surface area contributed by atoms with E-state index in [2.05, 4.69) is 9.88 Å². The molecule has 17 heavy (non-hydrogen) atoms. The first-order chi connectivity index (χ1) is 8.16. The number of rotatable bonds is 2. The smallest absolute Gasteiger partial charge is 0.123 e. The van der Waals surface area contributed by atoms with Crippen molar-refractivity contribution in [2.75, 3.05) is 25.4 Å². The molecule has 2 aliphatic rings. The summed E-state index contributed by atoms with van der Waals surface area (Å²) >= 11 is 0. The van der Waals surface area contributed by atoms with Crippen LogP contribution in [0.2, 0.25) is 0 Å². The topological polar surface area (TPSA) is 62.4 Å². The average molecular weight is 233 g/mol. The zero-order valence-electron chi connectivity index (χ0n) is 9.97. The summed E-state index contributed by atoms with van der Waals surface area (Å²) in [6, 6.07) is 3.83. The molecule has 0 saturated carbocycles. The normalized spacial score (nSPS) is 36.1. The van der Waals surface area contributed by atoms with Gasteiger partial charge >= 0.3 is 0 Å². The van der Waals surface area contributed by atoms with Crippen molar-refractivity contribution in [2.45, 2.75) is 24.9 Å². The Morgan fingerprint density at radius 2 is 2.41 bits per heavy atom. The quantitative estimate of drug-likeness (QED) is 0.788. The van der Waals surface area contributed by atoms with Gasteiger partial charge < -0.3 is 15.7 Å². The van der Waals surface area contributed by atoms with E-state index in [0.717, 1.165) is 38.0 Å². The molecule has 0 radical (unpaired) electrons. The Kier molecular flexibility index (Phi) is 2.56. The Balaban J connectivity index is 1.79. The zero-order valence-corrected chi connectivity index (χ0v) is 9.97. The van der Waals surface area contributed by atoms with Gasteiger partial charge in [0.1, 0.15) is 5.82 Å². The highest BCUT2D eigenvalue weighted by Gasteiger charge is 2.44. The Morgan fingerprint density at radius 1 is 1.53 bits per heavy atom. The molecular weight excluding hydrogens is 214 g/mol. The molecule has 1 aromatic heterocycles. The highest BCUT2D eigenvalue weighted by Crippen LogP contribution is 2.37. The molecule has 3 heterocycles. The second kappa shape index (κ2) is 3.96. The van der Waals surface area contributed by atoms with Gasteiger partial charge in [-0.2, -0.15) is 0 Å². The number of piperidine rings is 1. The minimum atomic E-state index is -0.541. The van der Waals surface area contributed by atoms with Crippen molar-refractivity contribution in [3.8, 4) is 0 Å². The van der Waals surface area contributed by atoms with Gasteiger partial charge in [-0.3, -0.25) is 0 Å². The number of hydrogen-bond donors (Lipinski definition) is 2. The zero-order chi connectivity index (χ0) is 11.9. The van der Waals surface area contributed by atoms with E-state index in [0.29, 0.717) is 18.2 Å². The Labute approximate surface area is 101 Å². The molecule has 3 unspecified atom stereocenters. The van der Waals surface area contributed by atoms with Crippen molar-refractivity contribution in [1.82, 2.24) is 9.88 Å². The standard InChI is InChI=1S/C13H19N3O/c14-12-7-10(1-4-15-12)8-13(17)3-6-16-5-2-11(13)9-16/h1,4,7,11,17H,2-3,5-6,8-9H2,(H2,14,15). The number of hydrogen-bond acceptors (Lipinski definition) is 4. The monoisotopic (exact) mass is 233 g/mol. The SMILES string of the molecule is Nc1cc(CC2(O)CCN3CCC2C3)ccn1. The average Bonchev–Trinajstić information content (AvgIpc) is 2.70. The van der Waals surface area contributed by atoms with Crippen molar-refractivity contribution in [3.05, 3.63) is 23.9 Å². The molecule has 3 rings (SSSR count). The fourth-order valence-electron chi connectivity index (χ4n) is 3.22. The Morgan fingerprint density at radius 3 is 3.24 bits per heavy atom. The van der Waals surface area contributed by atoms with E-state index in [1.54, 1.807) is 6.20 Å². The van der Waals surface area contributed by atoms with Gasteiger partial charge in [0.05, 0.1) is 5.60 Å². The summed E-state index contributed by atoms with van der Waals surface area (Å²) in [5, 5.41) is 10.8. The van der Waals surface area contributed by atoms with Gasteiger partial charge in [0.15, 0.2) is 0 Å². The maximum atomic E-state index is 10.8. The first-order valence-corrected chi connectivity index (χ1v) is 6.31. The van der Waals surface area contributed by atoms with Crippen LogP contribution in [0, 0.1) is 5.92 Å². The summed E-state index contributed by atoms with van der Waals surface area (Å²) in [4.78, 5) is 6.44. The maximum Gasteiger partial charge on any atom is 0.123 e. The number of nitrogens with zero attached hydrogens (tertiary/aromatic N) is 2.